The predicted octanol–water partition coefficient (Wildman–Crippen LogP) is 10.6. The van der Waals surface area contributed by atoms with Crippen molar-refractivity contribution in [2.24, 2.45) is 0 Å². The van der Waals surface area contributed by atoms with Crippen LogP contribution in [0.15, 0.2) is 95.4 Å². The topological polar surface area (TPSA) is 51.8 Å². The molecule has 0 unspecified atom stereocenters. The zero-order chi connectivity index (χ0) is 29.7. The zero-order valence-corrected chi connectivity index (χ0v) is 25.4. The van der Waals surface area contributed by atoms with Crippen LogP contribution in [0.25, 0.3) is 76.8 Å². The Morgan fingerprint density at radius 3 is 1.88 bits per heavy atom. The molecule has 8 rings (SSSR count). The summed E-state index contributed by atoms with van der Waals surface area (Å²) >= 11 is 0. The highest BCUT2D eigenvalue weighted by Gasteiger charge is 2.27. The Morgan fingerprint density at radius 1 is 0.512 bits per heavy atom. The number of hydrogen-bond donors (Lipinski definition) is 0. The van der Waals surface area contributed by atoms with E-state index in [-0.39, 0.29) is 10.8 Å². The van der Waals surface area contributed by atoms with Crippen LogP contribution in [0, 0.1) is 0 Å². The lowest BCUT2D eigenvalue weighted by Gasteiger charge is -2.23. The zero-order valence-electron chi connectivity index (χ0n) is 25.4. The maximum atomic E-state index is 6.54. The van der Waals surface area contributed by atoms with Gasteiger partial charge < -0.3 is 4.42 Å². The fourth-order valence-electron chi connectivity index (χ4n) is 6.34. The van der Waals surface area contributed by atoms with E-state index in [1.807, 2.05) is 6.07 Å². The van der Waals surface area contributed by atoms with E-state index in [0.717, 1.165) is 55.7 Å². The Bertz CT molecular complexity index is 2320. The highest BCUT2D eigenvalue weighted by atomic mass is 16.3. The molecule has 2 aromatic heterocycles. The summed E-state index contributed by atoms with van der Waals surface area (Å²) in [5, 5.41) is 9.36. The van der Waals surface area contributed by atoms with Crippen LogP contribution in [0.5, 0.6) is 0 Å². The number of para-hydroxylation sites is 1. The molecule has 4 heteroatoms. The Kier molecular flexibility index (Phi) is 5.31. The number of hydrogen-bond acceptors (Lipinski definition) is 4. The van der Waals surface area contributed by atoms with Gasteiger partial charge >= 0.3 is 0 Å². The number of nitrogens with zero attached hydrogens (tertiary/aromatic N) is 3. The summed E-state index contributed by atoms with van der Waals surface area (Å²) in [7, 11) is 0. The highest BCUT2D eigenvalue weighted by Crippen LogP contribution is 2.47. The van der Waals surface area contributed by atoms with Crippen molar-refractivity contribution < 1.29 is 4.42 Å². The summed E-state index contributed by atoms with van der Waals surface area (Å²) in [6, 6.07) is 32.5. The van der Waals surface area contributed by atoms with Crippen molar-refractivity contribution in [3.05, 3.63) is 103 Å². The largest absolute Gasteiger partial charge is 0.455 e. The Morgan fingerprint density at radius 2 is 1.16 bits per heavy atom. The number of rotatable bonds is 2. The second-order valence-corrected chi connectivity index (χ2v) is 13.7. The average molecular weight is 560 g/mol. The van der Waals surface area contributed by atoms with Gasteiger partial charge in [0.25, 0.3) is 0 Å². The molecule has 2 heterocycles. The van der Waals surface area contributed by atoms with Gasteiger partial charge in [-0.2, -0.15) is 0 Å². The number of furan rings is 1. The number of benzene rings is 6. The van der Waals surface area contributed by atoms with Crippen molar-refractivity contribution in [1.82, 2.24) is 15.0 Å². The first-order valence-electron chi connectivity index (χ1n) is 15.0. The standard InChI is InChI=1S/C39H33N3O/c1-38(2,3)36-40-35(41-37(42-36)39(4,5)6)25-18-16-23-17-19-26-33-29(21-30-24-14-10-11-15-31(24)43-34(26)30)27(20-28(25)32(23)33)22-12-8-7-9-13-22/h7-21H,1-6H3. The summed E-state index contributed by atoms with van der Waals surface area (Å²) in [5.41, 5.74) is 4.78. The van der Waals surface area contributed by atoms with Crippen molar-refractivity contribution in [3.8, 4) is 22.5 Å². The van der Waals surface area contributed by atoms with Gasteiger partial charge in [0, 0.05) is 37.9 Å². The average Bonchev–Trinajstić information content (AvgIpc) is 3.37. The van der Waals surface area contributed by atoms with Crippen LogP contribution in [0.1, 0.15) is 53.2 Å². The van der Waals surface area contributed by atoms with Gasteiger partial charge in [-0.15, -0.1) is 0 Å². The molecule has 0 radical (unpaired) electrons. The Labute approximate surface area is 250 Å². The minimum absolute atomic E-state index is 0.219. The minimum Gasteiger partial charge on any atom is -0.455 e. The lowest BCUT2D eigenvalue weighted by atomic mass is 9.86. The van der Waals surface area contributed by atoms with Gasteiger partial charge in [-0.05, 0) is 63.0 Å². The predicted molar refractivity (Wildman–Crippen MR) is 179 cm³/mol. The third-order valence-electron chi connectivity index (χ3n) is 8.54. The smallest absolute Gasteiger partial charge is 0.164 e. The van der Waals surface area contributed by atoms with Gasteiger partial charge in [0.2, 0.25) is 0 Å². The molecule has 0 aliphatic rings. The molecule has 0 atom stereocenters. The molecule has 0 amide bonds. The molecule has 210 valence electrons. The molecule has 0 N–H and O–H groups in total. The summed E-state index contributed by atoms with van der Waals surface area (Å²) in [6.45, 7) is 13.0. The van der Waals surface area contributed by atoms with E-state index in [2.05, 4.69) is 126 Å². The monoisotopic (exact) mass is 559 g/mol. The summed E-state index contributed by atoms with van der Waals surface area (Å²) in [6.07, 6.45) is 0. The van der Waals surface area contributed by atoms with E-state index in [0.29, 0.717) is 0 Å². The molecule has 0 aliphatic carbocycles. The van der Waals surface area contributed by atoms with Gasteiger partial charge in [0.05, 0.1) is 0 Å². The van der Waals surface area contributed by atoms with Gasteiger partial charge in [-0.25, -0.2) is 15.0 Å². The van der Waals surface area contributed by atoms with Crippen LogP contribution < -0.4 is 0 Å². The molecule has 43 heavy (non-hydrogen) atoms. The molecule has 0 saturated heterocycles. The fourth-order valence-corrected chi connectivity index (χ4v) is 6.34. The van der Waals surface area contributed by atoms with Crippen LogP contribution in [0.4, 0.5) is 0 Å². The van der Waals surface area contributed by atoms with Crippen molar-refractivity contribution in [3.63, 3.8) is 0 Å². The Balaban J connectivity index is 1.56. The van der Waals surface area contributed by atoms with Crippen molar-refractivity contribution in [2.75, 3.05) is 0 Å². The molecule has 6 aromatic carbocycles. The lowest BCUT2D eigenvalue weighted by Crippen LogP contribution is -2.24. The minimum atomic E-state index is -0.219. The van der Waals surface area contributed by atoms with E-state index >= 15 is 0 Å². The van der Waals surface area contributed by atoms with E-state index in [9.17, 15) is 0 Å². The molecule has 0 bridgehead atoms. The van der Waals surface area contributed by atoms with Crippen LogP contribution in [-0.4, -0.2) is 15.0 Å². The second kappa shape index (κ2) is 8.84. The van der Waals surface area contributed by atoms with E-state index in [1.165, 1.54) is 32.7 Å². The van der Waals surface area contributed by atoms with Crippen LogP contribution in [-0.2, 0) is 10.8 Å². The molecular formula is C39H33N3O. The number of fused-ring (bicyclic) bond motifs is 4. The first kappa shape index (κ1) is 25.8. The van der Waals surface area contributed by atoms with Crippen molar-refractivity contribution in [2.45, 2.75) is 52.4 Å². The molecule has 0 saturated carbocycles. The Hall–Kier alpha value is -4.83. The van der Waals surface area contributed by atoms with Gasteiger partial charge in [-0.1, -0.05) is 102 Å². The van der Waals surface area contributed by atoms with E-state index in [1.54, 1.807) is 0 Å². The van der Waals surface area contributed by atoms with E-state index in [4.69, 9.17) is 19.4 Å². The third-order valence-corrected chi connectivity index (χ3v) is 8.54. The molecule has 0 aliphatic heterocycles. The highest BCUT2D eigenvalue weighted by molar-refractivity contribution is 6.34. The fraction of sp³-hybridized carbons (Fsp3) is 0.205. The van der Waals surface area contributed by atoms with Gasteiger partial charge in [-0.3, -0.25) is 0 Å². The second-order valence-electron chi connectivity index (χ2n) is 13.7. The van der Waals surface area contributed by atoms with Crippen LogP contribution in [0.3, 0.4) is 0 Å². The summed E-state index contributed by atoms with van der Waals surface area (Å²) < 4.78 is 6.54. The number of aromatic nitrogens is 3. The summed E-state index contributed by atoms with van der Waals surface area (Å²) in [5.74, 6) is 2.33. The SMILES string of the molecule is CC(C)(C)c1nc(-c2ccc3ccc4c5oc6ccccc6c5cc5c(-c6ccccc6)cc2c3c54)nc(C(C)(C)C)n1. The van der Waals surface area contributed by atoms with Gasteiger partial charge in [0.15, 0.2) is 5.82 Å². The summed E-state index contributed by atoms with van der Waals surface area (Å²) in [4.78, 5) is 15.2. The van der Waals surface area contributed by atoms with Crippen molar-refractivity contribution in [1.29, 1.82) is 0 Å². The van der Waals surface area contributed by atoms with Crippen LogP contribution >= 0.6 is 0 Å². The quantitative estimate of drug-likeness (QED) is 0.198. The van der Waals surface area contributed by atoms with Gasteiger partial charge in [0.1, 0.15) is 22.8 Å². The lowest BCUT2D eigenvalue weighted by molar-refractivity contribution is 0.497. The first-order chi connectivity index (χ1) is 20.6. The maximum absolute atomic E-state index is 6.54. The first-order valence-corrected chi connectivity index (χ1v) is 15.0. The van der Waals surface area contributed by atoms with Crippen molar-refractivity contribution >= 4 is 54.3 Å². The molecule has 0 spiro atoms. The maximum Gasteiger partial charge on any atom is 0.164 e. The molecule has 4 nitrogen and oxygen atoms in total. The molecular weight excluding hydrogens is 526 g/mol. The molecule has 8 aromatic rings. The third kappa shape index (κ3) is 3.93. The van der Waals surface area contributed by atoms with Crippen LogP contribution in [0.2, 0.25) is 0 Å². The normalized spacial score (nSPS) is 12.9. The van der Waals surface area contributed by atoms with E-state index < -0.39 is 0 Å². The molecule has 0 fully saturated rings.